The number of amides is 1. The van der Waals surface area contributed by atoms with Gasteiger partial charge in [-0.2, -0.15) is 0 Å². The largest absolute Gasteiger partial charge is 0.497 e. The molecule has 0 radical (unpaired) electrons. The number of aromatic amines is 1. The number of halogens is 1. The summed E-state index contributed by atoms with van der Waals surface area (Å²) < 4.78 is 10.3. The average molecular weight is 359 g/mol. The highest BCUT2D eigenvalue weighted by molar-refractivity contribution is 6.31. The van der Waals surface area contributed by atoms with Crippen molar-refractivity contribution in [1.29, 1.82) is 0 Å². The summed E-state index contributed by atoms with van der Waals surface area (Å²) in [6, 6.07) is 13.1. The first-order valence-electron chi connectivity index (χ1n) is 7.95. The van der Waals surface area contributed by atoms with Crippen molar-refractivity contribution in [3.05, 3.63) is 64.8 Å². The van der Waals surface area contributed by atoms with E-state index in [9.17, 15) is 4.79 Å². The number of rotatable bonds is 6. The molecule has 0 atom stereocenters. The first kappa shape index (κ1) is 17.2. The number of nitrogens with one attached hydrogen (secondary N) is 2. The molecule has 1 amide bonds. The van der Waals surface area contributed by atoms with Gasteiger partial charge in [-0.1, -0.05) is 23.7 Å². The van der Waals surface area contributed by atoms with E-state index in [1.807, 2.05) is 48.7 Å². The van der Waals surface area contributed by atoms with Crippen LogP contribution in [0.5, 0.6) is 5.75 Å². The number of alkyl carbamates (subject to hydrolysis) is 1. The molecule has 0 saturated carbocycles. The first-order valence-corrected chi connectivity index (χ1v) is 8.32. The maximum atomic E-state index is 11.8. The number of carbonyl (C=O) groups excluding carboxylic acids is 1. The fourth-order valence-electron chi connectivity index (χ4n) is 2.58. The predicted molar refractivity (Wildman–Crippen MR) is 98.2 cm³/mol. The van der Waals surface area contributed by atoms with E-state index in [2.05, 4.69) is 10.3 Å². The van der Waals surface area contributed by atoms with E-state index in [0.717, 1.165) is 27.8 Å². The molecule has 0 spiro atoms. The molecule has 0 aliphatic carbocycles. The molecular weight excluding hydrogens is 340 g/mol. The smallest absolute Gasteiger partial charge is 0.407 e. The van der Waals surface area contributed by atoms with Crippen molar-refractivity contribution in [1.82, 2.24) is 10.3 Å². The third kappa shape index (κ3) is 4.45. The fourth-order valence-corrected chi connectivity index (χ4v) is 2.75. The van der Waals surface area contributed by atoms with Crippen LogP contribution in [0.3, 0.4) is 0 Å². The van der Waals surface area contributed by atoms with Gasteiger partial charge in [0.25, 0.3) is 0 Å². The van der Waals surface area contributed by atoms with E-state index in [1.165, 1.54) is 0 Å². The molecule has 1 heterocycles. The van der Waals surface area contributed by atoms with E-state index in [0.29, 0.717) is 18.0 Å². The summed E-state index contributed by atoms with van der Waals surface area (Å²) in [6.07, 6.45) is 2.19. The van der Waals surface area contributed by atoms with Crippen molar-refractivity contribution in [2.45, 2.75) is 13.0 Å². The fraction of sp³-hybridized carbons (Fsp3) is 0.211. The number of aromatic nitrogens is 1. The highest BCUT2D eigenvalue weighted by Crippen LogP contribution is 2.22. The molecule has 3 aromatic rings. The van der Waals surface area contributed by atoms with Crippen LogP contribution < -0.4 is 10.1 Å². The highest BCUT2D eigenvalue weighted by Gasteiger charge is 2.06. The number of carbonyl (C=O) groups is 1. The van der Waals surface area contributed by atoms with E-state index >= 15 is 0 Å². The van der Waals surface area contributed by atoms with Crippen molar-refractivity contribution in [3.63, 3.8) is 0 Å². The van der Waals surface area contributed by atoms with Crippen LogP contribution in [0, 0.1) is 0 Å². The van der Waals surface area contributed by atoms with Gasteiger partial charge in [0.2, 0.25) is 0 Å². The molecule has 3 rings (SSSR count). The molecule has 0 fully saturated rings. The minimum atomic E-state index is -0.436. The summed E-state index contributed by atoms with van der Waals surface area (Å²) in [5, 5.41) is 4.53. The molecule has 0 unspecified atom stereocenters. The molecule has 1 aromatic heterocycles. The Hall–Kier alpha value is -2.66. The van der Waals surface area contributed by atoms with Gasteiger partial charge in [0.05, 0.1) is 7.11 Å². The second-order valence-electron chi connectivity index (χ2n) is 5.60. The second kappa shape index (κ2) is 7.94. The summed E-state index contributed by atoms with van der Waals surface area (Å²) in [6.45, 7) is 0.708. The number of ether oxygens (including phenoxy) is 2. The van der Waals surface area contributed by atoms with Crippen LogP contribution in [0.25, 0.3) is 10.9 Å². The summed E-state index contributed by atoms with van der Waals surface area (Å²) in [4.78, 5) is 15.0. The van der Waals surface area contributed by atoms with Gasteiger partial charge in [-0.3, -0.25) is 0 Å². The molecule has 2 N–H and O–H groups in total. The Balaban J connectivity index is 1.46. The minimum absolute atomic E-state index is 0.221. The van der Waals surface area contributed by atoms with Crippen LogP contribution in [-0.4, -0.2) is 24.7 Å². The third-order valence-electron chi connectivity index (χ3n) is 3.92. The molecule has 0 aliphatic heterocycles. The summed E-state index contributed by atoms with van der Waals surface area (Å²) in [5.74, 6) is 0.770. The van der Waals surface area contributed by atoms with Gasteiger partial charge >= 0.3 is 6.09 Å². The number of H-pyrrole nitrogens is 1. The van der Waals surface area contributed by atoms with Gasteiger partial charge in [0, 0.05) is 28.7 Å². The van der Waals surface area contributed by atoms with Gasteiger partial charge < -0.3 is 19.8 Å². The molecule has 0 saturated heterocycles. The summed E-state index contributed by atoms with van der Waals surface area (Å²) in [5.41, 5.74) is 3.04. The Morgan fingerprint density at radius 2 is 2.00 bits per heavy atom. The Morgan fingerprint density at radius 1 is 1.20 bits per heavy atom. The second-order valence-corrected chi connectivity index (χ2v) is 6.04. The van der Waals surface area contributed by atoms with Crippen molar-refractivity contribution in [3.8, 4) is 5.75 Å². The monoisotopic (exact) mass is 358 g/mol. The molecular formula is C19H19ClN2O3. The van der Waals surface area contributed by atoms with Gasteiger partial charge in [-0.15, -0.1) is 0 Å². The SMILES string of the molecule is COc1ccc(COC(=O)NCCc2c[nH]c3ccc(Cl)cc23)cc1. The van der Waals surface area contributed by atoms with Crippen LogP contribution in [0.15, 0.2) is 48.7 Å². The maximum absolute atomic E-state index is 11.8. The van der Waals surface area contributed by atoms with Crippen LogP contribution in [0.1, 0.15) is 11.1 Å². The van der Waals surface area contributed by atoms with Crippen molar-refractivity contribution < 1.29 is 14.3 Å². The number of fused-ring (bicyclic) bond motifs is 1. The van der Waals surface area contributed by atoms with Gasteiger partial charge in [-0.05, 0) is 47.9 Å². The minimum Gasteiger partial charge on any atom is -0.497 e. The third-order valence-corrected chi connectivity index (χ3v) is 4.16. The molecule has 5 nitrogen and oxygen atoms in total. The van der Waals surface area contributed by atoms with E-state index in [1.54, 1.807) is 7.11 Å². The van der Waals surface area contributed by atoms with Gasteiger partial charge in [0.15, 0.2) is 0 Å². The Kier molecular flexibility index (Phi) is 5.46. The zero-order valence-electron chi connectivity index (χ0n) is 13.8. The Morgan fingerprint density at radius 3 is 2.76 bits per heavy atom. The number of hydrogen-bond acceptors (Lipinski definition) is 3. The van der Waals surface area contributed by atoms with Crippen molar-refractivity contribution >= 4 is 28.6 Å². The molecule has 25 heavy (non-hydrogen) atoms. The van der Waals surface area contributed by atoms with Gasteiger partial charge in [-0.25, -0.2) is 4.79 Å². The quantitative estimate of drug-likeness (QED) is 0.690. The van der Waals surface area contributed by atoms with E-state index in [4.69, 9.17) is 21.1 Å². The molecule has 0 bridgehead atoms. The van der Waals surface area contributed by atoms with Crippen molar-refractivity contribution in [2.75, 3.05) is 13.7 Å². The number of hydrogen-bond donors (Lipinski definition) is 2. The summed E-state index contributed by atoms with van der Waals surface area (Å²) >= 11 is 6.04. The zero-order valence-corrected chi connectivity index (χ0v) is 14.6. The lowest BCUT2D eigenvalue weighted by Crippen LogP contribution is -2.26. The topological polar surface area (TPSA) is 63.4 Å². The van der Waals surface area contributed by atoms with Crippen LogP contribution in [0.2, 0.25) is 5.02 Å². The molecule has 6 heteroatoms. The average Bonchev–Trinajstić information content (AvgIpc) is 3.02. The summed E-state index contributed by atoms with van der Waals surface area (Å²) in [7, 11) is 1.61. The molecule has 130 valence electrons. The molecule has 2 aromatic carbocycles. The van der Waals surface area contributed by atoms with Crippen LogP contribution in [-0.2, 0) is 17.8 Å². The number of benzene rings is 2. The Bertz CT molecular complexity index is 859. The number of methoxy groups -OCH3 is 1. The van der Waals surface area contributed by atoms with Crippen LogP contribution in [0.4, 0.5) is 4.79 Å². The maximum Gasteiger partial charge on any atom is 0.407 e. The van der Waals surface area contributed by atoms with Crippen molar-refractivity contribution in [2.24, 2.45) is 0 Å². The lowest BCUT2D eigenvalue weighted by molar-refractivity contribution is 0.140. The lowest BCUT2D eigenvalue weighted by atomic mass is 10.1. The van der Waals surface area contributed by atoms with Crippen LogP contribution >= 0.6 is 11.6 Å². The first-order chi connectivity index (χ1) is 12.2. The van der Waals surface area contributed by atoms with Gasteiger partial charge in [0.1, 0.15) is 12.4 Å². The highest BCUT2D eigenvalue weighted by atomic mass is 35.5. The lowest BCUT2D eigenvalue weighted by Gasteiger charge is -2.07. The molecule has 0 aliphatic rings. The van der Waals surface area contributed by atoms with E-state index < -0.39 is 6.09 Å². The zero-order chi connectivity index (χ0) is 17.6. The standard InChI is InChI=1S/C19H19ClN2O3/c1-24-16-5-2-13(3-6-16)12-25-19(23)21-9-8-14-11-22-18-7-4-15(20)10-17(14)18/h2-7,10-11,22H,8-9,12H2,1H3,(H,21,23). The normalized spacial score (nSPS) is 10.6. The van der Waals surface area contributed by atoms with E-state index in [-0.39, 0.29) is 6.61 Å². The Labute approximate surface area is 150 Å². The predicted octanol–water partition coefficient (Wildman–Crippen LogP) is 4.30.